The largest absolute Gasteiger partial charge is 0.355 e. The number of nitro groups is 1. The lowest BCUT2D eigenvalue weighted by Crippen LogP contribution is -2.50. The zero-order valence-corrected chi connectivity index (χ0v) is 13.6. The van der Waals surface area contributed by atoms with Crippen LogP contribution in [0.25, 0.3) is 0 Å². The maximum Gasteiger partial charge on any atom is 0.292 e. The van der Waals surface area contributed by atoms with E-state index in [4.69, 9.17) is 0 Å². The molecule has 1 aromatic rings. The molecule has 1 aromatic carbocycles. The molecule has 0 saturated carbocycles. The summed E-state index contributed by atoms with van der Waals surface area (Å²) in [7, 11) is 0. The Morgan fingerprint density at radius 3 is 2.40 bits per heavy atom. The summed E-state index contributed by atoms with van der Waals surface area (Å²) in [6.07, 6.45) is 1.17. The number of benzene rings is 1. The molecule has 1 N–H and O–H groups in total. The summed E-state index contributed by atoms with van der Waals surface area (Å²) in [6.45, 7) is 2.97. The van der Waals surface area contributed by atoms with E-state index in [2.05, 4.69) is 5.32 Å². The third kappa shape index (κ3) is 4.32. The number of nitrogens with one attached hydrogen (secondary N) is 1. The summed E-state index contributed by atoms with van der Waals surface area (Å²) in [5.41, 5.74) is -0.123. The fraction of sp³-hybridized carbons (Fsp3) is 0.312. The molecular formula is C16H17N5O4. The van der Waals surface area contributed by atoms with Gasteiger partial charge in [0.15, 0.2) is 0 Å². The number of para-hydroxylation sites is 2. The van der Waals surface area contributed by atoms with Gasteiger partial charge in [0.2, 0.25) is 5.91 Å². The van der Waals surface area contributed by atoms with Crippen molar-refractivity contribution in [2.24, 2.45) is 0 Å². The second-order valence-electron chi connectivity index (χ2n) is 5.39. The summed E-state index contributed by atoms with van der Waals surface area (Å²) >= 11 is 0. The molecule has 1 heterocycles. The first kappa shape index (κ1) is 17.9. The molecule has 0 unspecified atom stereocenters. The van der Waals surface area contributed by atoms with Crippen LogP contribution in [-0.2, 0) is 9.59 Å². The summed E-state index contributed by atoms with van der Waals surface area (Å²) in [4.78, 5) is 37.2. The van der Waals surface area contributed by atoms with Gasteiger partial charge in [-0.3, -0.25) is 19.7 Å². The number of carbonyl (C=O) groups excluding carboxylic acids is 2. The lowest BCUT2D eigenvalue weighted by Gasteiger charge is -2.34. The number of hydrogen-bond donors (Lipinski definition) is 1. The molecule has 9 heteroatoms. The highest BCUT2D eigenvalue weighted by Crippen LogP contribution is 2.23. The maximum absolute atomic E-state index is 12.4. The molecular weight excluding hydrogens is 326 g/mol. The van der Waals surface area contributed by atoms with Crippen molar-refractivity contribution in [1.82, 2.24) is 9.80 Å². The summed E-state index contributed by atoms with van der Waals surface area (Å²) < 4.78 is 0. The normalized spacial score (nSPS) is 14.6. The second-order valence-corrected chi connectivity index (χ2v) is 5.39. The monoisotopic (exact) mass is 343 g/mol. The molecule has 1 aliphatic rings. The molecule has 0 aliphatic carbocycles. The van der Waals surface area contributed by atoms with Crippen LogP contribution < -0.4 is 5.32 Å². The van der Waals surface area contributed by atoms with Crippen LogP contribution in [0.15, 0.2) is 36.0 Å². The number of hydrogen-bond acceptors (Lipinski definition) is 6. The minimum Gasteiger partial charge on any atom is -0.355 e. The predicted octanol–water partition coefficient (Wildman–Crippen LogP) is 1.10. The van der Waals surface area contributed by atoms with Gasteiger partial charge >= 0.3 is 0 Å². The Kier molecular flexibility index (Phi) is 5.68. The van der Waals surface area contributed by atoms with E-state index < -0.39 is 10.8 Å². The van der Waals surface area contributed by atoms with Crippen molar-refractivity contribution in [3.8, 4) is 6.07 Å². The fourth-order valence-corrected chi connectivity index (χ4v) is 2.44. The van der Waals surface area contributed by atoms with Crippen molar-refractivity contribution in [1.29, 1.82) is 5.26 Å². The average molecular weight is 343 g/mol. The van der Waals surface area contributed by atoms with Gasteiger partial charge in [-0.15, -0.1) is 0 Å². The zero-order valence-electron chi connectivity index (χ0n) is 13.6. The van der Waals surface area contributed by atoms with Crippen LogP contribution in [0.4, 0.5) is 11.4 Å². The Morgan fingerprint density at radius 1 is 1.24 bits per heavy atom. The average Bonchev–Trinajstić information content (AvgIpc) is 2.62. The Labute approximate surface area is 144 Å². The number of amides is 2. The van der Waals surface area contributed by atoms with Crippen LogP contribution in [0.2, 0.25) is 0 Å². The molecule has 130 valence electrons. The van der Waals surface area contributed by atoms with Crippen LogP contribution in [0.5, 0.6) is 0 Å². The number of piperazine rings is 1. The third-order valence-corrected chi connectivity index (χ3v) is 3.84. The lowest BCUT2D eigenvalue weighted by molar-refractivity contribution is -0.383. The number of carbonyl (C=O) groups is 2. The molecule has 1 aliphatic heterocycles. The Balaban J connectivity index is 2.08. The highest BCUT2D eigenvalue weighted by atomic mass is 16.6. The minimum atomic E-state index is -0.551. The van der Waals surface area contributed by atoms with Crippen LogP contribution in [0.3, 0.4) is 0 Å². The van der Waals surface area contributed by atoms with Crippen LogP contribution >= 0.6 is 0 Å². The molecule has 0 radical (unpaired) electrons. The second kappa shape index (κ2) is 7.92. The van der Waals surface area contributed by atoms with Crippen LogP contribution in [-0.4, -0.2) is 52.7 Å². The van der Waals surface area contributed by atoms with Gasteiger partial charge in [0.25, 0.3) is 11.6 Å². The molecule has 2 amide bonds. The zero-order chi connectivity index (χ0) is 18.4. The topological polar surface area (TPSA) is 120 Å². The third-order valence-electron chi connectivity index (χ3n) is 3.84. The minimum absolute atomic E-state index is 0.0544. The predicted molar refractivity (Wildman–Crippen MR) is 89.2 cm³/mol. The molecule has 25 heavy (non-hydrogen) atoms. The highest BCUT2D eigenvalue weighted by Gasteiger charge is 2.24. The van der Waals surface area contributed by atoms with Gasteiger partial charge in [-0.05, 0) is 6.07 Å². The molecule has 9 nitrogen and oxygen atoms in total. The number of nitro benzene ring substituents is 1. The van der Waals surface area contributed by atoms with Crippen molar-refractivity contribution in [3.05, 3.63) is 46.2 Å². The van der Waals surface area contributed by atoms with Crippen molar-refractivity contribution in [2.45, 2.75) is 6.92 Å². The Morgan fingerprint density at radius 2 is 1.84 bits per heavy atom. The summed E-state index contributed by atoms with van der Waals surface area (Å²) in [5.74, 6) is -0.530. The number of nitrogens with zero attached hydrogens (tertiary/aromatic N) is 4. The Bertz CT molecular complexity index is 760. The van der Waals surface area contributed by atoms with E-state index in [-0.39, 0.29) is 22.9 Å². The molecule has 1 saturated heterocycles. The first-order valence-corrected chi connectivity index (χ1v) is 7.59. The van der Waals surface area contributed by atoms with Crippen molar-refractivity contribution in [2.75, 3.05) is 31.5 Å². The van der Waals surface area contributed by atoms with Crippen molar-refractivity contribution < 1.29 is 14.5 Å². The number of anilines is 1. The van der Waals surface area contributed by atoms with Gasteiger partial charge < -0.3 is 15.1 Å². The Hall–Kier alpha value is -3.41. The van der Waals surface area contributed by atoms with E-state index in [0.29, 0.717) is 26.2 Å². The fourth-order valence-electron chi connectivity index (χ4n) is 2.44. The van der Waals surface area contributed by atoms with E-state index in [0.717, 1.165) is 0 Å². The lowest BCUT2D eigenvalue weighted by atomic mass is 10.2. The van der Waals surface area contributed by atoms with Gasteiger partial charge in [-0.1, -0.05) is 12.1 Å². The SMILES string of the molecule is CC(=O)N1CCN(C(=O)/C(C#N)=C\Nc2ccccc2[N+](=O)[O-])CC1. The van der Waals surface area contributed by atoms with E-state index in [1.54, 1.807) is 11.0 Å². The summed E-state index contributed by atoms with van der Waals surface area (Å²) in [6, 6.07) is 7.75. The quantitative estimate of drug-likeness (QED) is 0.378. The van der Waals surface area contributed by atoms with Crippen molar-refractivity contribution >= 4 is 23.2 Å². The highest BCUT2D eigenvalue weighted by molar-refractivity contribution is 5.97. The van der Waals surface area contributed by atoms with E-state index in [9.17, 15) is 25.0 Å². The maximum atomic E-state index is 12.4. The van der Waals surface area contributed by atoms with Gasteiger partial charge in [-0.25, -0.2) is 0 Å². The van der Waals surface area contributed by atoms with E-state index in [1.165, 1.54) is 36.2 Å². The van der Waals surface area contributed by atoms with Gasteiger partial charge in [0.1, 0.15) is 17.3 Å². The molecule has 0 bridgehead atoms. The van der Waals surface area contributed by atoms with E-state index in [1.807, 2.05) is 6.07 Å². The van der Waals surface area contributed by atoms with Gasteiger partial charge in [0, 0.05) is 45.4 Å². The standard InChI is InChI=1S/C16H17N5O4/c1-12(22)19-6-8-20(9-7-19)16(23)13(10-17)11-18-14-4-2-3-5-15(14)21(24)25/h2-5,11,18H,6-9H2,1H3/b13-11-. The smallest absolute Gasteiger partial charge is 0.292 e. The molecule has 0 aromatic heterocycles. The van der Waals surface area contributed by atoms with Crippen molar-refractivity contribution in [3.63, 3.8) is 0 Å². The van der Waals surface area contributed by atoms with Crippen LogP contribution in [0.1, 0.15) is 6.92 Å². The van der Waals surface area contributed by atoms with Gasteiger partial charge in [0.05, 0.1) is 4.92 Å². The first-order valence-electron chi connectivity index (χ1n) is 7.59. The first-order chi connectivity index (χ1) is 11.9. The molecule has 2 rings (SSSR count). The summed E-state index contributed by atoms with van der Waals surface area (Å²) in [5, 5.41) is 22.8. The van der Waals surface area contributed by atoms with E-state index >= 15 is 0 Å². The van der Waals surface area contributed by atoms with Gasteiger partial charge in [-0.2, -0.15) is 5.26 Å². The number of nitriles is 1. The molecule has 1 fully saturated rings. The number of rotatable bonds is 4. The van der Waals surface area contributed by atoms with Crippen LogP contribution in [0, 0.1) is 21.4 Å². The molecule has 0 spiro atoms. The molecule has 0 atom stereocenters.